The van der Waals surface area contributed by atoms with Crippen LogP contribution in [0, 0.1) is 11.8 Å². The molecular formula is C26H30N4O4S. The molecule has 2 heterocycles. The highest BCUT2D eigenvalue weighted by Crippen LogP contribution is 2.39. The second kappa shape index (κ2) is 10.4. The molecule has 0 bridgehead atoms. The van der Waals surface area contributed by atoms with E-state index in [9.17, 15) is 19.5 Å². The molecule has 2 amide bonds. The van der Waals surface area contributed by atoms with Gasteiger partial charge in [-0.05, 0) is 62.3 Å². The lowest BCUT2D eigenvalue weighted by molar-refractivity contribution is -0.123. The third-order valence-corrected chi connectivity index (χ3v) is 7.67. The zero-order valence-corrected chi connectivity index (χ0v) is 21.0. The monoisotopic (exact) mass is 494 g/mol. The lowest BCUT2D eigenvalue weighted by Crippen LogP contribution is -2.38. The third kappa shape index (κ3) is 5.45. The van der Waals surface area contributed by atoms with Gasteiger partial charge in [0, 0.05) is 36.3 Å². The van der Waals surface area contributed by atoms with Gasteiger partial charge in [-0.2, -0.15) is 0 Å². The van der Waals surface area contributed by atoms with Crippen molar-refractivity contribution in [1.29, 1.82) is 0 Å². The molecule has 4 rings (SSSR count). The van der Waals surface area contributed by atoms with Crippen molar-refractivity contribution in [2.45, 2.75) is 39.5 Å². The molecule has 184 valence electrons. The van der Waals surface area contributed by atoms with Crippen LogP contribution in [-0.4, -0.2) is 39.0 Å². The Hall–Kier alpha value is -3.46. The van der Waals surface area contributed by atoms with Crippen molar-refractivity contribution >= 4 is 40.5 Å². The topological polar surface area (TPSA) is 105 Å². The normalized spacial score (nSPS) is 17.7. The molecule has 0 aliphatic heterocycles. The minimum Gasteiger partial charge on any atom is -0.477 e. The van der Waals surface area contributed by atoms with Gasteiger partial charge in [-0.1, -0.05) is 19.1 Å². The number of nitrogens with one attached hydrogen (secondary N) is 1. The maximum Gasteiger partial charge on any atom is 0.348 e. The summed E-state index contributed by atoms with van der Waals surface area (Å²) in [7, 11) is 1.79. The average molecular weight is 495 g/mol. The Morgan fingerprint density at radius 2 is 1.86 bits per heavy atom. The van der Waals surface area contributed by atoms with E-state index in [-0.39, 0.29) is 22.6 Å². The van der Waals surface area contributed by atoms with Crippen molar-refractivity contribution in [2.75, 3.05) is 16.8 Å². The number of hydrogen-bond acceptors (Lipinski definition) is 5. The maximum atomic E-state index is 13.3. The highest BCUT2D eigenvalue weighted by molar-refractivity contribution is 7.18. The summed E-state index contributed by atoms with van der Waals surface area (Å²) in [5.41, 5.74) is 2.20. The van der Waals surface area contributed by atoms with Gasteiger partial charge in [-0.15, -0.1) is 11.3 Å². The molecule has 3 aromatic rings. The fourth-order valence-electron chi connectivity index (χ4n) is 4.49. The molecule has 1 aliphatic carbocycles. The van der Waals surface area contributed by atoms with Crippen LogP contribution in [0.5, 0.6) is 0 Å². The molecule has 0 atom stereocenters. The Labute approximate surface area is 208 Å². The molecule has 1 saturated carbocycles. The van der Waals surface area contributed by atoms with Crippen LogP contribution < -0.4 is 10.2 Å². The van der Waals surface area contributed by atoms with Crippen molar-refractivity contribution in [3.63, 3.8) is 0 Å². The van der Waals surface area contributed by atoms with Crippen LogP contribution in [-0.2, 0) is 11.8 Å². The summed E-state index contributed by atoms with van der Waals surface area (Å²) in [6, 6.07) is 8.98. The molecule has 2 N–H and O–H groups in total. The molecular weight excluding hydrogens is 464 g/mol. The van der Waals surface area contributed by atoms with E-state index >= 15 is 0 Å². The number of amides is 2. The second-order valence-corrected chi connectivity index (χ2v) is 10.2. The summed E-state index contributed by atoms with van der Waals surface area (Å²) in [4.78, 5) is 44.3. The molecule has 9 heteroatoms. The number of imidazole rings is 1. The van der Waals surface area contributed by atoms with Crippen LogP contribution in [0.15, 0.2) is 42.9 Å². The minimum atomic E-state index is -1.04. The van der Waals surface area contributed by atoms with E-state index in [1.165, 1.54) is 0 Å². The Morgan fingerprint density at radius 1 is 1.17 bits per heavy atom. The van der Waals surface area contributed by atoms with Crippen LogP contribution in [0.4, 0.5) is 11.4 Å². The largest absolute Gasteiger partial charge is 0.477 e. The molecule has 2 aromatic heterocycles. The van der Waals surface area contributed by atoms with Crippen molar-refractivity contribution in [3.05, 3.63) is 53.4 Å². The zero-order valence-electron chi connectivity index (χ0n) is 20.2. The molecule has 1 aliphatic rings. The molecule has 1 fully saturated rings. The minimum absolute atomic E-state index is 0.0128. The highest BCUT2D eigenvalue weighted by atomic mass is 32.1. The van der Waals surface area contributed by atoms with Crippen molar-refractivity contribution in [1.82, 2.24) is 9.55 Å². The summed E-state index contributed by atoms with van der Waals surface area (Å²) in [6.07, 6.45) is 6.95. The summed E-state index contributed by atoms with van der Waals surface area (Å²) < 4.78 is 1.70. The van der Waals surface area contributed by atoms with Crippen LogP contribution >= 0.6 is 11.3 Å². The van der Waals surface area contributed by atoms with Crippen LogP contribution in [0.3, 0.4) is 0 Å². The van der Waals surface area contributed by atoms with Gasteiger partial charge >= 0.3 is 5.97 Å². The molecule has 0 saturated heterocycles. The first-order chi connectivity index (χ1) is 16.8. The number of carboxylic acid groups (broad SMARTS) is 1. The molecule has 0 spiro atoms. The number of carbonyl (C=O) groups excluding carboxylic acids is 2. The third-order valence-electron chi connectivity index (χ3n) is 6.51. The van der Waals surface area contributed by atoms with E-state index in [2.05, 4.69) is 17.2 Å². The van der Waals surface area contributed by atoms with Gasteiger partial charge in [-0.25, -0.2) is 9.78 Å². The van der Waals surface area contributed by atoms with Crippen LogP contribution in [0.2, 0.25) is 0 Å². The fourth-order valence-corrected chi connectivity index (χ4v) is 5.50. The summed E-state index contributed by atoms with van der Waals surface area (Å²) >= 11 is 1.15. The van der Waals surface area contributed by atoms with E-state index in [1.807, 2.05) is 19.1 Å². The van der Waals surface area contributed by atoms with Crippen molar-refractivity contribution in [2.24, 2.45) is 18.9 Å². The predicted octanol–water partition coefficient (Wildman–Crippen LogP) is 5.28. The number of aryl methyl sites for hydroxylation is 1. The number of aromatic nitrogens is 2. The molecule has 0 unspecified atom stereocenters. The maximum absolute atomic E-state index is 13.3. The number of thiophene rings is 1. The molecule has 35 heavy (non-hydrogen) atoms. The van der Waals surface area contributed by atoms with Crippen molar-refractivity contribution in [3.8, 4) is 10.4 Å². The van der Waals surface area contributed by atoms with Gasteiger partial charge in [-0.3, -0.25) is 9.59 Å². The van der Waals surface area contributed by atoms with E-state index in [4.69, 9.17) is 0 Å². The van der Waals surface area contributed by atoms with Gasteiger partial charge in [0.25, 0.3) is 5.91 Å². The fraction of sp³-hybridized carbons (Fsp3) is 0.385. The predicted molar refractivity (Wildman–Crippen MR) is 137 cm³/mol. The lowest BCUT2D eigenvalue weighted by Gasteiger charge is -2.30. The first kappa shape index (κ1) is 24.7. The smallest absolute Gasteiger partial charge is 0.348 e. The lowest BCUT2D eigenvalue weighted by atomic mass is 9.82. The molecule has 0 radical (unpaired) electrons. The number of anilines is 2. The second-order valence-electron chi connectivity index (χ2n) is 9.13. The van der Waals surface area contributed by atoms with Gasteiger partial charge in [0.15, 0.2) is 0 Å². The Kier molecular flexibility index (Phi) is 7.35. The average Bonchev–Trinajstić information content (AvgIpc) is 3.48. The summed E-state index contributed by atoms with van der Waals surface area (Å²) in [5.74, 6) is -0.761. The van der Waals surface area contributed by atoms with Gasteiger partial charge in [0.1, 0.15) is 10.6 Å². The van der Waals surface area contributed by atoms with E-state index < -0.39 is 5.97 Å². The zero-order chi connectivity index (χ0) is 25.1. The number of benzene rings is 1. The van der Waals surface area contributed by atoms with Crippen LogP contribution in [0.25, 0.3) is 10.4 Å². The van der Waals surface area contributed by atoms with Gasteiger partial charge < -0.3 is 19.9 Å². The Balaban J connectivity index is 1.55. The molecule has 8 nitrogen and oxygen atoms in total. The van der Waals surface area contributed by atoms with Crippen molar-refractivity contribution < 1.29 is 19.5 Å². The first-order valence-corrected chi connectivity index (χ1v) is 12.7. The standard InChI is InChI=1S/C26H30N4O4S/c1-4-30(25(32)18-7-5-16(2)6-8-18)21-13-22(35-23(21)26(33)34)17-9-11-19(12-10-17)28-24(31)20-14-29(3)15-27-20/h9-16,18H,4-8H2,1-3H3,(H,28,31)(H,33,34)/t16-,18-. The van der Waals surface area contributed by atoms with Gasteiger partial charge in [0.05, 0.1) is 12.0 Å². The van der Waals surface area contributed by atoms with Gasteiger partial charge in [0.2, 0.25) is 5.91 Å². The Bertz CT molecular complexity index is 1220. The number of nitrogens with zero attached hydrogens (tertiary/aromatic N) is 3. The quantitative estimate of drug-likeness (QED) is 0.465. The number of carboxylic acids is 1. The number of aromatic carboxylic acids is 1. The van der Waals surface area contributed by atoms with E-state index in [1.54, 1.807) is 47.2 Å². The highest BCUT2D eigenvalue weighted by Gasteiger charge is 2.31. The van der Waals surface area contributed by atoms with E-state index in [0.717, 1.165) is 47.5 Å². The number of rotatable bonds is 7. The van der Waals surface area contributed by atoms with E-state index in [0.29, 0.717) is 29.5 Å². The first-order valence-electron chi connectivity index (χ1n) is 11.8. The summed E-state index contributed by atoms with van der Waals surface area (Å²) in [6.45, 7) is 4.51. The summed E-state index contributed by atoms with van der Waals surface area (Å²) in [5, 5.41) is 12.7. The van der Waals surface area contributed by atoms with Crippen LogP contribution in [0.1, 0.15) is 59.7 Å². The Morgan fingerprint density at radius 3 is 2.43 bits per heavy atom. The number of carbonyl (C=O) groups is 3. The SMILES string of the molecule is CCN(c1cc(-c2ccc(NC(=O)c3cn(C)cn3)cc2)sc1C(=O)O)C(=O)[C@H]1CC[C@H](C)CC1. The number of hydrogen-bond donors (Lipinski definition) is 2. The molecule has 1 aromatic carbocycles.